The molecule has 1 fully saturated rings. The first-order valence-corrected chi connectivity index (χ1v) is 9.95. The molecule has 0 unspecified atom stereocenters. The van der Waals surface area contributed by atoms with Crippen LogP contribution in [0, 0.1) is 10.1 Å². The van der Waals surface area contributed by atoms with Crippen molar-refractivity contribution in [3.05, 3.63) is 57.6 Å². The van der Waals surface area contributed by atoms with E-state index in [1.807, 2.05) is 35.2 Å². The molecule has 2 aliphatic heterocycles. The number of carbonyl (C=O) groups excluding carboxylic acids is 2. The molecule has 1 aromatic carbocycles. The number of ketones is 1. The maximum Gasteiger partial charge on any atom is 0.325 e. The van der Waals surface area contributed by atoms with Crippen LogP contribution in [-0.2, 0) is 0 Å². The Morgan fingerprint density at radius 1 is 1.19 bits per heavy atom. The summed E-state index contributed by atoms with van der Waals surface area (Å²) in [6.07, 6.45) is 1.81. The lowest BCUT2D eigenvalue weighted by Crippen LogP contribution is -2.46. The molecular formula is C18H16N2O4S2. The van der Waals surface area contributed by atoms with Crippen LogP contribution in [0.15, 0.2) is 40.6 Å². The number of benzene rings is 1. The average Bonchev–Trinajstić information content (AvgIpc) is 3.07. The number of amides is 1. The molecule has 4 rings (SSSR count). The predicted molar refractivity (Wildman–Crippen MR) is 100 cm³/mol. The highest BCUT2D eigenvalue weighted by atomic mass is 32.2. The van der Waals surface area contributed by atoms with Gasteiger partial charge in [-0.15, -0.1) is 11.8 Å². The van der Waals surface area contributed by atoms with Crippen LogP contribution in [-0.4, -0.2) is 39.4 Å². The zero-order valence-electron chi connectivity index (χ0n) is 13.8. The maximum atomic E-state index is 12.6. The van der Waals surface area contributed by atoms with Gasteiger partial charge in [-0.2, -0.15) is 0 Å². The molecule has 2 aliphatic rings. The molecule has 3 heterocycles. The van der Waals surface area contributed by atoms with Crippen LogP contribution >= 0.6 is 23.1 Å². The molecule has 0 saturated carbocycles. The molecule has 1 aromatic heterocycles. The van der Waals surface area contributed by atoms with Gasteiger partial charge in [0, 0.05) is 41.5 Å². The predicted octanol–water partition coefficient (Wildman–Crippen LogP) is 4.01. The van der Waals surface area contributed by atoms with Crippen molar-refractivity contribution in [2.75, 3.05) is 13.1 Å². The van der Waals surface area contributed by atoms with Gasteiger partial charge in [-0.3, -0.25) is 19.7 Å². The maximum absolute atomic E-state index is 12.6. The number of hydrogen-bond acceptors (Lipinski definition) is 6. The lowest BCUT2D eigenvalue weighted by Gasteiger charge is -2.42. The monoisotopic (exact) mass is 388 g/mol. The van der Waals surface area contributed by atoms with E-state index in [0.717, 1.165) is 15.5 Å². The molecule has 1 saturated heterocycles. The first-order valence-electron chi connectivity index (χ1n) is 8.32. The van der Waals surface area contributed by atoms with E-state index in [1.54, 1.807) is 11.8 Å². The van der Waals surface area contributed by atoms with Crippen molar-refractivity contribution in [1.82, 2.24) is 4.90 Å². The largest absolute Gasteiger partial charge is 0.339 e. The summed E-state index contributed by atoms with van der Waals surface area (Å²) in [5.41, 5.74) is 1.16. The minimum atomic E-state index is -0.440. The third-order valence-electron chi connectivity index (χ3n) is 4.94. The highest BCUT2D eigenvalue weighted by Gasteiger charge is 2.44. The van der Waals surface area contributed by atoms with E-state index in [4.69, 9.17) is 0 Å². The molecule has 0 aliphatic carbocycles. The summed E-state index contributed by atoms with van der Waals surface area (Å²) >= 11 is 2.67. The Kier molecular flexibility index (Phi) is 4.32. The normalized spacial score (nSPS) is 18.6. The van der Waals surface area contributed by atoms with E-state index in [0.29, 0.717) is 43.5 Å². The summed E-state index contributed by atoms with van der Waals surface area (Å²) < 4.78 is 0.492. The van der Waals surface area contributed by atoms with E-state index < -0.39 is 4.92 Å². The lowest BCUT2D eigenvalue weighted by molar-refractivity contribution is -0.380. The van der Waals surface area contributed by atoms with Gasteiger partial charge >= 0.3 is 5.00 Å². The number of Topliss-reactive ketones (excluding diaryl/α,β-unsaturated/α-hetero) is 1. The first-order chi connectivity index (χ1) is 12.5. The molecule has 1 spiro atoms. The quantitative estimate of drug-likeness (QED) is 0.574. The van der Waals surface area contributed by atoms with Crippen molar-refractivity contribution in [2.24, 2.45) is 0 Å². The zero-order chi connectivity index (χ0) is 18.3. The van der Waals surface area contributed by atoms with Crippen molar-refractivity contribution in [3.63, 3.8) is 0 Å². The number of rotatable bonds is 2. The first kappa shape index (κ1) is 17.2. The van der Waals surface area contributed by atoms with Gasteiger partial charge in [0.1, 0.15) is 0 Å². The number of fused-ring (bicyclic) bond motifs is 1. The highest BCUT2D eigenvalue weighted by Crippen LogP contribution is 2.52. The van der Waals surface area contributed by atoms with E-state index in [9.17, 15) is 19.7 Å². The molecule has 134 valence electrons. The van der Waals surface area contributed by atoms with Gasteiger partial charge in [0.2, 0.25) is 0 Å². The Morgan fingerprint density at radius 2 is 1.88 bits per heavy atom. The smallest absolute Gasteiger partial charge is 0.325 e. The van der Waals surface area contributed by atoms with Crippen molar-refractivity contribution >= 4 is 39.8 Å². The Morgan fingerprint density at radius 3 is 2.54 bits per heavy atom. The zero-order valence-corrected chi connectivity index (χ0v) is 15.5. The van der Waals surface area contributed by atoms with Crippen molar-refractivity contribution in [2.45, 2.75) is 28.2 Å². The van der Waals surface area contributed by atoms with Crippen LogP contribution in [0.4, 0.5) is 5.00 Å². The molecule has 0 radical (unpaired) electrons. The van der Waals surface area contributed by atoms with Crippen LogP contribution in [0.3, 0.4) is 0 Å². The minimum Gasteiger partial charge on any atom is -0.339 e. The molecule has 0 bridgehead atoms. The molecule has 26 heavy (non-hydrogen) atoms. The van der Waals surface area contributed by atoms with Crippen LogP contribution < -0.4 is 0 Å². The van der Waals surface area contributed by atoms with Crippen molar-refractivity contribution in [3.8, 4) is 0 Å². The number of nitro groups is 1. The minimum absolute atomic E-state index is 0.0139. The van der Waals surface area contributed by atoms with Gasteiger partial charge in [0.15, 0.2) is 5.78 Å². The third kappa shape index (κ3) is 3.03. The molecular weight excluding hydrogens is 372 g/mol. The molecule has 6 nitrogen and oxygen atoms in total. The van der Waals surface area contributed by atoms with Gasteiger partial charge < -0.3 is 4.90 Å². The summed E-state index contributed by atoms with van der Waals surface area (Å²) in [7, 11) is 0. The third-order valence-corrected chi connectivity index (χ3v) is 7.71. The molecule has 0 atom stereocenters. The molecule has 2 aromatic rings. The molecule has 1 amide bonds. The van der Waals surface area contributed by atoms with Crippen LogP contribution in [0.5, 0.6) is 0 Å². The summed E-state index contributed by atoms with van der Waals surface area (Å²) in [6.45, 7) is 1.19. The fourth-order valence-corrected chi connectivity index (χ4v) is 6.45. The number of thiophene rings is 1. The number of carbonyl (C=O) groups is 2. The highest BCUT2D eigenvalue weighted by molar-refractivity contribution is 8.02. The van der Waals surface area contributed by atoms with Gasteiger partial charge in [-0.1, -0.05) is 29.5 Å². The van der Waals surface area contributed by atoms with Crippen LogP contribution in [0.25, 0.3) is 0 Å². The number of nitrogens with zero attached hydrogens (tertiary/aromatic N) is 2. The Bertz CT molecular complexity index is 886. The second kappa shape index (κ2) is 6.51. The topological polar surface area (TPSA) is 80.5 Å². The summed E-state index contributed by atoms with van der Waals surface area (Å²) in [6, 6.07) is 10.6. The lowest BCUT2D eigenvalue weighted by atomic mass is 9.88. The van der Waals surface area contributed by atoms with E-state index >= 15 is 0 Å². The van der Waals surface area contributed by atoms with Gasteiger partial charge in [-0.25, -0.2) is 0 Å². The standard InChI is InChI=1S/C18H16N2O4S2/c21-14-11-18(26-17-13(14)10-15(25-17)20(23)24)6-8-19(9-7-18)16(22)12-4-2-1-3-5-12/h1-5,10H,6-9,11H2. The molecule has 0 N–H and O–H groups in total. The molecule has 8 heteroatoms. The van der Waals surface area contributed by atoms with E-state index in [1.165, 1.54) is 6.07 Å². The average molecular weight is 388 g/mol. The Labute approximate surface area is 158 Å². The Hall–Kier alpha value is -2.19. The number of thioether (sulfide) groups is 1. The van der Waals surface area contributed by atoms with E-state index in [-0.39, 0.29) is 21.4 Å². The van der Waals surface area contributed by atoms with Crippen molar-refractivity contribution < 1.29 is 14.5 Å². The van der Waals surface area contributed by atoms with Crippen LogP contribution in [0.1, 0.15) is 40.0 Å². The van der Waals surface area contributed by atoms with Gasteiger partial charge in [0.05, 0.1) is 9.13 Å². The van der Waals surface area contributed by atoms with Gasteiger partial charge in [-0.05, 0) is 25.0 Å². The number of piperidine rings is 1. The Balaban J connectivity index is 1.49. The number of likely N-dealkylation sites (tertiary alicyclic amines) is 1. The number of hydrogen-bond donors (Lipinski definition) is 0. The fourth-order valence-electron chi connectivity index (χ4n) is 3.50. The van der Waals surface area contributed by atoms with Gasteiger partial charge in [0.25, 0.3) is 5.91 Å². The second-order valence-electron chi connectivity index (χ2n) is 6.59. The van der Waals surface area contributed by atoms with E-state index in [2.05, 4.69) is 0 Å². The van der Waals surface area contributed by atoms with Crippen molar-refractivity contribution in [1.29, 1.82) is 0 Å². The fraction of sp³-hybridized carbons (Fsp3) is 0.333. The summed E-state index contributed by atoms with van der Waals surface area (Å²) in [4.78, 5) is 37.5. The van der Waals surface area contributed by atoms with Crippen LogP contribution in [0.2, 0.25) is 0 Å². The summed E-state index contributed by atoms with van der Waals surface area (Å²) in [5.74, 6) is -0.00836. The summed E-state index contributed by atoms with van der Waals surface area (Å²) in [5, 5.41) is 11.0. The second-order valence-corrected chi connectivity index (χ2v) is 9.35. The SMILES string of the molecule is O=C1CC2(CCN(C(=O)c3ccccc3)CC2)Sc2sc([N+](=O)[O-])cc21.